The van der Waals surface area contributed by atoms with Crippen molar-refractivity contribution in [1.82, 2.24) is 9.97 Å². The van der Waals surface area contributed by atoms with Crippen LogP contribution < -0.4 is 11.1 Å². The lowest BCUT2D eigenvalue weighted by atomic mass is 10.2. The van der Waals surface area contributed by atoms with Crippen molar-refractivity contribution in [2.75, 3.05) is 5.32 Å². The number of amides is 2. The molecule has 2 amide bonds. The number of aromatic nitrogens is 2. The quantitative estimate of drug-likeness (QED) is 0.815. The van der Waals surface area contributed by atoms with Gasteiger partial charge in [-0.05, 0) is 6.07 Å². The number of hydrogen-bond donors (Lipinski definition) is 2. The first-order chi connectivity index (χ1) is 9.04. The number of anilines is 1. The summed E-state index contributed by atoms with van der Waals surface area (Å²) in [4.78, 5) is 29.8. The molecule has 8 heteroatoms. The van der Waals surface area contributed by atoms with Crippen LogP contribution in [0.2, 0.25) is 0 Å². The highest BCUT2D eigenvalue weighted by molar-refractivity contribution is 7.14. The monoisotopic (exact) mass is 280 g/mol. The summed E-state index contributed by atoms with van der Waals surface area (Å²) in [6.07, 6.45) is 1.21. The number of primary amides is 1. The van der Waals surface area contributed by atoms with Gasteiger partial charge in [0.05, 0.1) is 12.1 Å². The van der Waals surface area contributed by atoms with Crippen molar-refractivity contribution >= 4 is 28.3 Å². The van der Waals surface area contributed by atoms with Gasteiger partial charge in [0.2, 0.25) is 11.9 Å². The van der Waals surface area contributed by atoms with E-state index in [4.69, 9.17) is 5.73 Å². The lowest BCUT2D eigenvalue weighted by molar-refractivity contribution is -0.117. The van der Waals surface area contributed by atoms with Crippen molar-refractivity contribution in [2.45, 2.75) is 6.42 Å². The van der Waals surface area contributed by atoms with Crippen molar-refractivity contribution in [1.29, 1.82) is 0 Å². The molecule has 0 aromatic carbocycles. The zero-order valence-electron chi connectivity index (χ0n) is 9.59. The van der Waals surface area contributed by atoms with E-state index in [9.17, 15) is 14.0 Å². The van der Waals surface area contributed by atoms with E-state index >= 15 is 0 Å². The standard InChI is InChI=1S/C11H9FN4O2S/c12-8-3-6(1-2-14-8)10(18)16-11-15-7(5-19-11)4-9(13)17/h1-3,5H,4H2,(H2,13,17)(H,15,16,18). The van der Waals surface area contributed by atoms with Gasteiger partial charge in [0, 0.05) is 23.2 Å². The normalized spacial score (nSPS) is 10.2. The van der Waals surface area contributed by atoms with E-state index in [1.165, 1.54) is 12.3 Å². The Bertz CT molecular complexity index is 629. The molecule has 0 radical (unpaired) electrons. The third-order valence-electron chi connectivity index (χ3n) is 2.12. The number of carbonyl (C=O) groups is 2. The van der Waals surface area contributed by atoms with Crippen LogP contribution in [0, 0.1) is 5.95 Å². The van der Waals surface area contributed by atoms with E-state index in [1.54, 1.807) is 5.38 Å². The van der Waals surface area contributed by atoms with Crippen molar-refractivity contribution in [3.05, 3.63) is 40.9 Å². The molecule has 0 fully saturated rings. The third kappa shape index (κ3) is 3.55. The molecule has 0 atom stereocenters. The highest BCUT2D eigenvalue weighted by Crippen LogP contribution is 2.16. The smallest absolute Gasteiger partial charge is 0.257 e. The fourth-order valence-electron chi connectivity index (χ4n) is 1.34. The molecule has 0 spiro atoms. The Hall–Kier alpha value is -2.35. The fraction of sp³-hybridized carbons (Fsp3) is 0.0909. The second-order valence-corrected chi connectivity index (χ2v) is 4.47. The van der Waals surface area contributed by atoms with Crippen LogP contribution >= 0.6 is 11.3 Å². The fourth-order valence-corrected chi connectivity index (χ4v) is 2.04. The summed E-state index contributed by atoms with van der Waals surface area (Å²) in [5.41, 5.74) is 5.65. The Morgan fingerprint density at radius 1 is 1.47 bits per heavy atom. The zero-order chi connectivity index (χ0) is 13.8. The first-order valence-corrected chi connectivity index (χ1v) is 6.08. The van der Waals surface area contributed by atoms with E-state index in [2.05, 4.69) is 15.3 Å². The maximum absolute atomic E-state index is 12.9. The summed E-state index contributed by atoms with van der Waals surface area (Å²) in [7, 11) is 0. The number of rotatable bonds is 4. The first kappa shape index (κ1) is 13.1. The predicted octanol–water partition coefficient (Wildman–Crippen LogP) is 0.957. The van der Waals surface area contributed by atoms with Gasteiger partial charge in [-0.25, -0.2) is 9.97 Å². The Morgan fingerprint density at radius 3 is 2.95 bits per heavy atom. The second-order valence-electron chi connectivity index (χ2n) is 3.61. The highest BCUT2D eigenvalue weighted by atomic mass is 32.1. The van der Waals surface area contributed by atoms with E-state index in [0.29, 0.717) is 10.8 Å². The Labute approximate surface area is 111 Å². The molecule has 0 saturated heterocycles. The van der Waals surface area contributed by atoms with Gasteiger partial charge in [-0.3, -0.25) is 14.9 Å². The summed E-state index contributed by atoms with van der Waals surface area (Å²) in [5.74, 6) is -1.73. The molecule has 0 saturated carbocycles. The summed E-state index contributed by atoms with van der Waals surface area (Å²) < 4.78 is 12.9. The molecular weight excluding hydrogens is 271 g/mol. The molecule has 0 unspecified atom stereocenters. The van der Waals surface area contributed by atoms with Crippen molar-refractivity contribution in [2.24, 2.45) is 5.73 Å². The van der Waals surface area contributed by atoms with Crippen LogP contribution in [0.5, 0.6) is 0 Å². The molecule has 0 aliphatic carbocycles. The van der Waals surface area contributed by atoms with Crippen LogP contribution in [-0.2, 0) is 11.2 Å². The number of nitrogens with two attached hydrogens (primary N) is 1. The molecule has 98 valence electrons. The molecule has 0 bridgehead atoms. The van der Waals surface area contributed by atoms with Crippen LogP contribution in [0.25, 0.3) is 0 Å². The Kier molecular flexibility index (Phi) is 3.81. The maximum Gasteiger partial charge on any atom is 0.257 e. The molecule has 2 heterocycles. The van der Waals surface area contributed by atoms with Gasteiger partial charge >= 0.3 is 0 Å². The third-order valence-corrected chi connectivity index (χ3v) is 2.92. The van der Waals surface area contributed by atoms with Crippen LogP contribution in [0.1, 0.15) is 16.1 Å². The number of hydrogen-bond acceptors (Lipinski definition) is 5. The number of nitrogens with one attached hydrogen (secondary N) is 1. The van der Waals surface area contributed by atoms with Gasteiger partial charge in [0.25, 0.3) is 5.91 Å². The van der Waals surface area contributed by atoms with E-state index in [0.717, 1.165) is 17.4 Å². The van der Waals surface area contributed by atoms with Crippen LogP contribution in [-0.4, -0.2) is 21.8 Å². The largest absolute Gasteiger partial charge is 0.369 e. The predicted molar refractivity (Wildman–Crippen MR) is 67.2 cm³/mol. The number of pyridine rings is 1. The van der Waals surface area contributed by atoms with Gasteiger partial charge in [-0.1, -0.05) is 0 Å². The van der Waals surface area contributed by atoms with E-state index in [1.807, 2.05) is 0 Å². The molecule has 2 aromatic rings. The Morgan fingerprint density at radius 2 is 2.26 bits per heavy atom. The highest BCUT2D eigenvalue weighted by Gasteiger charge is 2.10. The summed E-state index contributed by atoms with van der Waals surface area (Å²) in [5, 5.41) is 4.44. The van der Waals surface area contributed by atoms with Crippen molar-refractivity contribution in [3.63, 3.8) is 0 Å². The number of carbonyl (C=O) groups excluding carboxylic acids is 2. The lowest BCUT2D eigenvalue weighted by Crippen LogP contribution is -2.14. The molecule has 0 aliphatic heterocycles. The van der Waals surface area contributed by atoms with Crippen LogP contribution in [0.4, 0.5) is 9.52 Å². The summed E-state index contributed by atoms with van der Waals surface area (Å²) in [6, 6.07) is 2.41. The minimum Gasteiger partial charge on any atom is -0.369 e. The number of thiazole rings is 1. The summed E-state index contributed by atoms with van der Waals surface area (Å²) in [6.45, 7) is 0. The molecule has 2 rings (SSSR count). The summed E-state index contributed by atoms with van der Waals surface area (Å²) >= 11 is 1.16. The average Bonchev–Trinajstić information content (AvgIpc) is 2.75. The second kappa shape index (κ2) is 5.53. The van der Waals surface area contributed by atoms with Gasteiger partial charge < -0.3 is 5.73 Å². The van der Waals surface area contributed by atoms with Gasteiger partial charge in [-0.2, -0.15) is 4.39 Å². The van der Waals surface area contributed by atoms with Crippen molar-refractivity contribution in [3.8, 4) is 0 Å². The minimum atomic E-state index is -0.735. The molecular formula is C11H9FN4O2S. The lowest BCUT2D eigenvalue weighted by Gasteiger charge is -2.00. The molecule has 2 aromatic heterocycles. The topological polar surface area (TPSA) is 98.0 Å². The van der Waals surface area contributed by atoms with Crippen LogP contribution in [0.15, 0.2) is 23.7 Å². The van der Waals surface area contributed by atoms with E-state index < -0.39 is 17.8 Å². The SMILES string of the molecule is NC(=O)Cc1csc(NC(=O)c2ccnc(F)c2)n1. The van der Waals surface area contributed by atoms with Crippen LogP contribution in [0.3, 0.4) is 0 Å². The molecule has 19 heavy (non-hydrogen) atoms. The zero-order valence-corrected chi connectivity index (χ0v) is 10.4. The average molecular weight is 280 g/mol. The Balaban J connectivity index is 2.06. The minimum absolute atomic E-state index is 0.0102. The van der Waals surface area contributed by atoms with Crippen molar-refractivity contribution < 1.29 is 14.0 Å². The maximum atomic E-state index is 12.9. The molecule has 3 N–H and O–H groups in total. The van der Waals surface area contributed by atoms with Gasteiger partial charge in [0.15, 0.2) is 5.13 Å². The van der Waals surface area contributed by atoms with Gasteiger partial charge in [0.1, 0.15) is 0 Å². The molecule has 6 nitrogen and oxygen atoms in total. The van der Waals surface area contributed by atoms with Gasteiger partial charge in [-0.15, -0.1) is 11.3 Å². The van der Waals surface area contributed by atoms with E-state index in [-0.39, 0.29) is 12.0 Å². The number of nitrogens with zero attached hydrogens (tertiary/aromatic N) is 2. The first-order valence-electron chi connectivity index (χ1n) is 5.20. The number of halogens is 1. The molecule has 0 aliphatic rings.